The van der Waals surface area contributed by atoms with Crippen molar-refractivity contribution in [3.8, 4) is 5.75 Å². The molecule has 1 fully saturated rings. The van der Waals surface area contributed by atoms with Crippen molar-refractivity contribution in [2.45, 2.75) is 39.2 Å². The third-order valence-corrected chi connectivity index (χ3v) is 3.76. The first-order chi connectivity index (χ1) is 7.59. The average Bonchev–Trinajstić information content (AvgIpc) is 2.74. The predicted octanol–water partition coefficient (Wildman–Crippen LogP) is 2.96. The SMILES string of the molecule is Cc1cc(Cl)c(CC2CCCN2)c(C)c1O. The van der Waals surface area contributed by atoms with Crippen molar-refractivity contribution in [3.63, 3.8) is 0 Å². The van der Waals surface area contributed by atoms with Crippen LogP contribution in [0.15, 0.2) is 6.07 Å². The van der Waals surface area contributed by atoms with Crippen molar-refractivity contribution in [1.29, 1.82) is 0 Å². The number of hydrogen-bond donors (Lipinski definition) is 2. The van der Waals surface area contributed by atoms with Crippen LogP contribution in [0.1, 0.15) is 29.5 Å². The standard InChI is InChI=1S/C13H18ClNO/c1-8-6-12(14)11(9(2)13(8)16)7-10-4-3-5-15-10/h6,10,15-16H,3-5,7H2,1-2H3. The molecule has 2 nitrogen and oxygen atoms in total. The van der Waals surface area contributed by atoms with Crippen molar-refractivity contribution in [3.05, 3.63) is 27.8 Å². The van der Waals surface area contributed by atoms with Crippen LogP contribution in [0.3, 0.4) is 0 Å². The smallest absolute Gasteiger partial charge is 0.121 e. The van der Waals surface area contributed by atoms with E-state index in [1.54, 1.807) is 0 Å². The molecule has 1 aromatic carbocycles. The maximum Gasteiger partial charge on any atom is 0.121 e. The van der Waals surface area contributed by atoms with Crippen LogP contribution in [0.25, 0.3) is 0 Å². The topological polar surface area (TPSA) is 32.3 Å². The largest absolute Gasteiger partial charge is 0.507 e. The molecule has 1 saturated heterocycles. The van der Waals surface area contributed by atoms with Crippen molar-refractivity contribution in [1.82, 2.24) is 5.32 Å². The summed E-state index contributed by atoms with van der Waals surface area (Å²) in [6.07, 6.45) is 3.35. The molecule has 0 saturated carbocycles. The summed E-state index contributed by atoms with van der Waals surface area (Å²) < 4.78 is 0. The average molecular weight is 240 g/mol. The molecule has 0 amide bonds. The number of benzene rings is 1. The molecule has 0 bridgehead atoms. The zero-order valence-corrected chi connectivity index (χ0v) is 10.6. The van der Waals surface area contributed by atoms with E-state index in [4.69, 9.17) is 11.6 Å². The van der Waals surface area contributed by atoms with E-state index >= 15 is 0 Å². The normalized spacial score (nSPS) is 20.3. The van der Waals surface area contributed by atoms with Gasteiger partial charge in [-0.15, -0.1) is 0 Å². The van der Waals surface area contributed by atoms with Gasteiger partial charge in [-0.3, -0.25) is 0 Å². The number of aryl methyl sites for hydroxylation is 1. The molecule has 2 N–H and O–H groups in total. The van der Waals surface area contributed by atoms with Crippen LogP contribution < -0.4 is 5.32 Å². The lowest BCUT2D eigenvalue weighted by Crippen LogP contribution is -2.24. The molecule has 0 radical (unpaired) electrons. The van der Waals surface area contributed by atoms with Gasteiger partial charge in [0, 0.05) is 11.1 Å². The van der Waals surface area contributed by atoms with Gasteiger partial charge in [-0.1, -0.05) is 11.6 Å². The summed E-state index contributed by atoms with van der Waals surface area (Å²) in [6, 6.07) is 2.37. The van der Waals surface area contributed by atoms with Crippen LogP contribution in [0.2, 0.25) is 5.02 Å². The second-order valence-corrected chi connectivity index (χ2v) is 5.03. The fourth-order valence-corrected chi connectivity index (χ4v) is 2.77. The predicted molar refractivity (Wildman–Crippen MR) is 67.3 cm³/mol. The molecule has 1 aliphatic heterocycles. The van der Waals surface area contributed by atoms with Gasteiger partial charge in [-0.2, -0.15) is 0 Å². The fraction of sp³-hybridized carbons (Fsp3) is 0.538. The summed E-state index contributed by atoms with van der Waals surface area (Å²) in [7, 11) is 0. The Morgan fingerprint density at radius 3 is 2.88 bits per heavy atom. The van der Waals surface area contributed by atoms with Gasteiger partial charge in [0.15, 0.2) is 0 Å². The minimum absolute atomic E-state index is 0.386. The Hall–Kier alpha value is -0.730. The molecule has 1 aromatic rings. The molecular weight excluding hydrogens is 222 g/mol. The van der Waals surface area contributed by atoms with Crippen molar-refractivity contribution < 1.29 is 5.11 Å². The number of phenolic OH excluding ortho intramolecular Hbond substituents is 1. The maximum absolute atomic E-state index is 9.91. The molecular formula is C13H18ClNO. The Bertz CT molecular complexity index is 397. The number of halogens is 1. The Morgan fingerprint density at radius 1 is 1.50 bits per heavy atom. The van der Waals surface area contributed by atoms with Crippen LogP contribution in [-0.4, -0.2) is 17.7 Å². The van der Waals surface area contributed by atoms with Crippen LogP contribution in [0.5, 0.6) is 5.75 Å². The highest BCUT2D eigenvalue weighted by atomic mass is 35.5. The highest BCUT2D eigenvalue weighted by molar-refractivity contribution is 6.31. The quantitative estimate of drug-likeness (QED) is 0.832. The van der Waals surface area contributed by atoms with E-state index in [2.05, 4.69) is 5.32 Å². The van der Waals surface area contributed by atoms with E-state index < -0.39 is 0 Å². The number of rotatable bonds is 2. The highest BCUT2D eigenvalue weighted by Crippen LogP contribution is 2.32. The number of nitrogens with one attached hydrogen (secondary N) is 1. The van der Waals surface area contributed by atoms with Gasteiger partial charge in [0.1, 0.15) is 5.75 Å². The minimum atomic E-state index is 0.386. The molecule has 1 heterocycles. The molecule has 3 heteroatoms. The second kappa shape index (κ2) is 4.64. The van der Waals surface area contributed by atoms with Gasteiger partial charge >= 0.3 is 0 Å². The molecule has 88 valence electrons. The second-order valence-electron chi connectivity index (χ2n) is 4.62. The molecule has 1 atom stereocenters. The van der Waals surface area contributed by atoms with Crippen LogP contribution in [0, 0.1) is 13.8 Å². The molecule has 1 aliphatic rings. The number of aromatic hydroxyl groups is 1. The van der Waals surface area contributed by atoms with Crippen LogP contribution in [-0.2, 0) is 6.42 Å². The summed E-state index contributed by atoms with van der Waals surface area (Å²) >= 11 is 6.25. The van der Waals surface area contributed by atoms with E-state index in [0.717, 1.165) is 34.7 Å². The lowest BCUT2D eigenvalue weighted by atomic mass is 9.97. The fourth-order valence-electron chi connectivity index (χ4n) is 2.39. The van der Waals surface area contributed by atoms with E-state index in [9.17, 15) is 5.11 Å². The molecule has 0 spiro atoms. The first-order valence-electron chi connectivity index (χ1n) is 5.80. The monoisotopic (exact) mass is 239 g/mol. The van der Waals surface area contributed by atoms with E-state index in [-0.39, 0.29) is 0 Å². The third kappa shape index (κ3) is 2.18. The summed E-state index contributed by atoms with van der Waals surface area (Å²) in [5, 5.41) is 14.1. The Morgan fingerprint density at radius 2 is 2.25 bits per heavy atom. The molecule has 0 aliphatic carbocycles. The lowest BCUT2D eigenvalue weighted by Gasteiger charge is -2.16. The third-order valence-electron chi connectivity index (χ3n) is 3.43. The van der Waals surface area contributed by atoms with Gasteiger partial charge in [-0.05, 0) is 62.4 Å². The summed E-state index contributed by atoms with van der Waals surface area (Å²) in [5.74, 6) is 0.386. The van der Waals surface area contributed by atoms with E-state index in [0.29, 0.717) is 11.8 Å². The zero-order valence-electron chi connectivity index (χ0n) is 9.81. The first-order valence-corrected chi connectivity index (χ1v) is 6.18. The first kappa shape index (κ1) is 11.7. The van der Waals surface area contributed by atoms with Crippen molar-refractivity contribution in [2.24, 2.45) is 0 Å². The van der Waals surface area contributed by atoms with Crippen LogP contribution >= 0.6 is 11.6 Å². The maximum atomic E-state index is 9.91. The number of phenols is 1. The highest BCUT2D eigenvalue weighted by Gasteiger charge is 2.19. The van der Waals surface area contributed by atoms with Crippen molar-refractivity contribution >= 4 is 11.6 Å². The molecule has 2 rings (SSSR count). The molecule has 16 heavy (non-hydrogen) atoms. The van der Waals surface area contributed by atoms with Crippen LogP contribution in [0.4, 0.5) is 0 Å². The zero-order chi connectivity index (χ0) is 11.7. The number of hydrogen-bond acceptors (Lipinski definition) is 2. The minimum Gasteiger partial charge on any atom is -0.507 e. The van der Waals surface area contributed by atoms with E-state index in [1.165, 1.54) is 12.8 Å². The summed E-state index contributed by atoms with van der Waals surface area (Å²) in [6.45, 7) is 4.92. The Labute approximate surface area is 102 Å². The van der Waals surface area contributed by atoms with Gasteiger partial charge < -0.3 is 10.4 Å². The lowest BCUT2D eigenvalue weighted by molar-refractivity contribution is 0.465. The van der Waals surface area contributed by atoms with E-state index in [1.807, 2.05) is 19.9 Å². The molecule has 1 unspecified atom stereocenters. The summed E-state index contributed by atoms with van der Waals surface area (Å²) in [4.78, 5) is 0. The van der Waals surface area contributed by atoms with Gasteiger partial charge in [-0.25, -0.2) is 0 Å². The van der Waals surface area contributed by atoms with Gasteiger partial charge in [0.05, 0.1) is 0 Å². The van der Waals surface area contributed by atoms with Gasteiger partial charge in [0.25, 0.3) is 0 Å². The summed E-state index contributed by atoms with van der Waals surface area (Å²) in [5.41, 5.74) is 2.87. The Balaban J connectivity index is 2.28. The van der Waals surface area contributed by atoms with Gasteiger partial charge in [0.2, 0.25) is 0 Å². The molecule has 0 aromatic heterocycles. The van der Waals surface area contributed by atoms with Crippen molar-refractivity contribution in [2.75, 3.05) is 6.54 Å². The Kier molecular flexibility index (Phi) is 3.41.